The molecule has 0 saturated carbocycles. The van der Waals surface area contributed by atoms with Crippen molar-refractivity contribution in [2.24, 2.45) is 0 Å². The van der Waals surface area contributed by atoms with Gasteiger partial charge in [-0.05, 0) is 19.1 Å². The van der Waals surface area contributed by atoms with Crippen molar-refractivity contribution in [3.8, 4) is 0 Å². The molecule has 2 aromatic rings. The molecule has 82 valence electrons. The van der Waals surface area contributed by atoms with Gasteiger partial charge >= 0.3 is 0 Å². The second-order valence-corrected chi connectivity index (χ2v) is 4.07. The zero-order valence-electron chi connectivity index (χ0n) is 9.86. The maximum absolute atomic E-state index is 4.50. The van der Waals surface area contributed by atoms with E-state index in [1.165, 1.54) is 0 Å². The third-order valence-corrected chi connectivity index (χ3v) is 2.32. The van der Waals surface area contributed by atoms with Crippen LogP contribution >= 0.6 is 0 Å². The maximum Gasteiger partial charge on any atom is 0.236 e. The molecule has 1 aromatic heterocycles. The zero-order chi connectivity index (χ0) is 11.5. The van der Waals surface area contributed by atoms with Crippen LogP contribution in [-0.2, 0) is 0 Å². The van der Waals surface area contributed by atoms with Crippen LogP contribution in [0.4, 0.5) is 5.69 Å². The summed E-state index contributed by atoms with van der Waals surface area (Å²) < 4.78 is 1.98. The van der Waals surface area contributed by atoms with Gasteiger partial charge in [-0.3, -0.25) is 9.56 Å². The van der Waals surface area contributed by atoms with E-state index in [2.05, 4.69) is 22.4 Å². The van der Waals surface area contributed by atoms with Crippen molar-refractivity contribution in [3.05, 3.63) is 36.0 Å². The molecule has 0 radical (unpaired) electrons. The van der Waals surface area contributed by atoms with E-state index in [9.17, 15) is 0 Å². The Morgan fingerprint density at radius 3 is 2.75 bits per heavy atom. The summed E-state index contributed by atoms with van der Waals surface area (Å²) in [6, 6.07) is 10.2. The quantitative estimate of drug-likeness (QED) is 0.472. The molecular formula is C13H16N3+. The first-order chi connectivity index (χ1) is 7.66. The summed E-state index contributed by atoms with van der Waals surface area (Å²) in [7, 11) is 3.98. The Bertz CT molecular complexity index is 540. The van der Waals surface area contributed by atoms with Crippen LogP contribution in [0.2, 0.25) is 0 Å². The Hall–Kier alpha value is -1.90. The third kappa shape index (κ3) is 2.19. The summed E-state index contributed by atoms with van der Waals surface area (Å²) >= 11 is 0. The average Bonchev–Trinajstić information content (AvgIpc) is 2.25. The summed E-state index contributed by atoms with van der Waals surface area (Å²) in [5.74, 6) is 0. The van der Waals surface area contributed by atoms with Crippen molar-refractivity contribution >= 4 is 22.9 Å². The van der Waals surface area contributed by atoms with Crippen molar-refractivity contribution in [1.82, 2.24) is 4.98 Å². The van der Waals surface area contributed by atoms with Gasteiger partial charge in [0.2, 0.25) is 6.34 Å². The van der Waals surface area contributed by atoms with Gasteiger partial charge in [0, 0.05) is 17.1 Å². The minimum absolute atomic E-state index is 1.02. The Morgan fingerprint density at radius 2 is 2.00 bits per heavy atom. The molecule has 0 spiro atoms. The summed E-state index contributed by atoms with van der Waals surface area (Å²) in [5, 5.41) is 4.43. The fourth-order valence-electron chi connectivity index (χ4n) is 1.63. The number of hydrogen-bond donors (Lipinski definition) is 1. The maximum atomic E-state index is 4.50. The number of para-hydroxylation sites is 1. The Kier molecular flexibility index (Phi) is 2.86. The summed E-state index contributed by atoms with van der Waals surface area (Å²) in [6.45, 7) is 2.01. The van der Waals surface area contributed by atoms with E-state index in [1.54, 1.807) is 0 Å². The highest BCUT2D eigenvalue weighted by Crippen LogP contribution is 2.22. The molecule has 0 aliphatic heterocycles. The van der Waals surface area contributed by atoms with Gasteiger partial charge in [0.25, 0.3) is 0 Å². The second-order valence-electron chi connectivity index (χ2n) is 4.07. The first-order valence-electron chi connectivity index (χ1n) is 5.29. The van der Waals surface area contributed by atoms with E-state index in [4.69, 9.17) is 0 Å². The molecule has 3 heteroatoms. The highest BCUT2D eigenvalue weighted by atomic mass is 15.0. The summed E-state index contributed by atoms with van der Waals surface area (Å²) in [5.41, 5.74) is 3.14. The number of fused-ring (bicyclic) bond motifs is 1. The zero-order valence-corrected chi connectivity index (χ0v) is 9.86. The first-order valence-corrected chi connectivity index (χ1v) is 5.29. The lowest BCUT2D eigenvalue weighted by molar-refractivity contribution is -0.459. The normalized spacial score (nSPS) is 10.2. The van der Waals surface area contributed by atoms with Crippen molar-refractivity contribution < 1.29 is 4.58 Å². The number of hydrogen-bond acceptors (Lipinski definition) is 1. The number of aromatic nitrogens is 1. The van der Waals surface area contributed by atoms with Crippen LogP contribution in [-0.4, -0.2) is 30.0 Å². The van der Waals surface area contributed by atoms with Crippen LogP contribution in [0.5, 0.6) is 0 Å². The van der Waals surface area contributed by atoms with E-state index in [1.807, 2.05) is 50.1 Å². The lowest BCUT2D eigenvalue weighted by Crippen LogP contribution is -2.08. The van der Waals surface area contributed by atoms with Gasteiger partial charge in [0.1, 0.15) is 5.69 Å². The smallest absolute Gasteiger partial charge is 0.236 e. The van der Waals surface area contributed by atoms with Crippen molar-refractivity contribution in [3.63, 3.8) is 0 Å². The van der Waals surface area contributed by atoms with E-state index < -0.39 is 0 Å². The van der Waals surface area contributed by atoms with E-state index in [0.29, 0.717) is 0 Å². The van der Waals surface area contributed by atoms with Crippen molar-refractivity contribution in [2.75, 3.05) is 19.4 Å². The largest absolute Gasteiger partial charge is 0.273 e. The number of aryl methyl sites for hydroxylation is 1. The second kappa shape index (κ2) is 4.31. The molecule has 0 aliphatic rings. The number of anilines is 1. The van der Waals surface area contributed by atoms with Crippen LogP contribution in [0.1, 0.15) is 5.69 Å². The van der Waals surface area contributed by atoms with Crippen LogP contribution in [0, 0.1) is 6.92 Å². The topological polar surface area (TPSA) is 27.9 Å². The third-order valence-electron chi connectivity index (χ3n) is 2.32. The number of benzene rings is 1. The molecule has 16 heavy (non-hydrogen) atoms. The molecule has 0 atom stereocenters. The lowest BCUT2D eigenvalue weighted by Gasteiger charge is -2.03. The molecule has 1 N–H and O–H groups in total. The van der Waals surface area contributed by atoms with Gasteiger partial charge in [0.15, 0.2) is 0 Å². The van der Waals surface area contributed by atoms with Crippen LogP contribution in [0.15, 0.2) is 30.3 Å². The minimum Gasteiger partial charge on any atom is -0.273 e. The first kappa shape index (κ1) is 10.6. The highest BCUT2D eigenvalue weighted by Gasteiger charge is 2.05. The van der Waals surface area contributed by atoms with Crippen molar-refractivity contribution in [2.45, 2.75) is 6.92 Å². The molecule has 0 amide bonds. The Balaban J connectivity index is 2.54. The number of nitrogens with zero attached hydrogens (tertiary/aromatic N) is 2. The van der Waals surface area contributed by atoms with Crippen LogP contribution < -0.4 is 5.32 Å². The van der Waals surface area contributed by atoms with Gasteiger partial charge in [-0.25, -0.2) is 5.32 Å². The molecule has 0 saturated heterocycles. The number of nitrogens with one attached hydrogen (secondary N) is 1. The van der Waals surface area contributed by atoms with Gasteiger partial charge in [-0.1, -0.05) is 12.1 Å². The predicted molar refractivity (Wildman–Crippen MR) is 68.3 cm³/mol. The summed E-state index contributed by atoms with van der Waals surface area (Å²) in [6.07, 6.45) is 1.93. The van der Waals surface area contributed by atoms with Crippen molar-refractivity contribution in [1.29, 1.82) is 0 Å². The molecule has 0 fully saturated rings. The molecular weight excluding hydrogens is 198 g/mol. The molecule has 1 aromatic carbocycles. The van der Waals surface area contributed by atoms with E-state index in [0.717, 1.165) is 22.3 Å². The Labute approximate surface area is 95.4 Å². The van der Waals surface area contributed by atoms with Gasteiger partial charge in [-0.2, -0.15) is 0 Å². The molecule has 1 heterocycles. The molecule has 2 rings (SSSR count). The van der Waals surface area contributed by atoms with Crippen LogP contribution in [0.25, 0.3) is 10.9 Å². The monoisotopic (exact) mass is 214 g/mol. The van der Waals surface area contributed by atoms with E-state index >= 15 is 0 Å². The molecule has 0 bridgehead atoms. The molecule has 0 aliphatic carbocycles. The number of rotatable bonds is 2. The molecule has 0 unspecified atom stereocenters. The van der Waals surface area contributed by atoms with Gasteiger partial charge < -0.3 is 0 Å². The highest BCUT2D eigenvalue weighted by molar-refractivity contribution is 5.95. The minimum atomic E-state index is 1.02. The Morgan fingerprint density at radius 1 is 1.25 bits per heavy atom. The number of pyridine rings is 1. The summed E-state index contributed by atoms with van der Waals surface area (Å²) in [4.78, 5) is 4.50. The average molecular weight is 214 g/mol. The SMILES string of the molecule is Cc1cc(NC=[N+](C)C)c2ccccc2n1. The molecule has 3 nitrogen and oxygen atoms in total. The van der Waals surface area contributed by atoms with E-state index in [-0.39, 0.29) is 0 Å². The van der Waals surface area contributed by atoms with Crippen LogP contribution in [0.3, 0.4) is 0 Å². The lowest BCUT2D eigenvalue weighted by atomic mass is 10.1. The van der Waals surface area contributed by atoms with Gasteiger partial charge in [-0.15, -0.1) is 0 Å². The van der Waals surface area contributed by atoms with Gasteiger partial charge in [0.05, 0.1) is 19.6 Å². The predicted octanol–water partition coefficient (Wildman–Crippen LogP) is 2.26. The fraction of sp³-hybridized carbons (Fsp3) is 0.231. The fourth-order valence-corrected chi connectivity index (χ4v) is 1.63. The standard InChI is InChI=1S/C13H15N3/c1-10-8-13(14-9-16(2)3)11-6-4-5-7-12(11)15-10/h4-9H,1-3H3/p+1.